The molecule has 198 valence electrons. The lowest BCUT2D eigenvalue weighted by Gasteiger charge is -2.16. The molecule has 0 bridgehead atoms. The summed E-state index contributed by atoms with van der Waals surface area (Å²) in [4.78, 5) is 15.5. The van der Waals surface area contributed by atoms with Crippen molar-refractivity contribution in [1.82, 2.24) is 4.90 Å². The van der Waals surface area contributed by atoms with Crippen LogP contribution in [0.25, 0.3) is 22.1 Å². The first-order chi connectivity index (χ1) is 18.2. The van der Waals surface area contributed by atoms with Gasteiger partial charge in [-0.15, -0.1) is 0 Å². The third-order valence-corrected chi connectivity index (χ3v) is 7.40. The average Bonchev–Trinajstić information content (AvgIpc) is 3.38. The molecule has 1 N–H and O–H groups in total. The maximum atomic E-state index is 13.2. The topological polar surface area (TPSA) is 62.9 Å². The Labute approximate surface area is 225 Å². The fraction of sp³-hybridized carbons (Fsp3) is 0.276. The van der Waals surface area contributed by atoms with Crippen molar-refractivity contribution >= 4 is 26.9 Å². The second-order valence-corrected chi connectivity index (χ2v) is 10.2. The van der Waals surface area contributed by atoms with E-state index in [0.29, 0.717) is 29.5 Å². The second kappa shape index (κ2) is 10.8. The van der Waals surface area contributed by atoms with Crippen LogP contribution in [0.3, 0.4) is 0 Å². The zero-order valence-corrected chi connectivity index (χ0v) is 21.9. The minimum absolute atomic E-state index is 0.0644. The number of aromatic hydroxyl groups is 1. The number of halogens is 4. The van der Waals surface area contributed by atoms with Crippen LogP contribution in [0, 0.1) is 0 Å². The van der Waals surface area contributed by atoms with E-state index in [2.05, 4.69) is 20.8 Å². The molecule has 0 amide bonds. The third-order valence-electron chi connectivity index (χ3n) is 6.74. The van der Waals surface area contributed by atoms with Crippen molar-refractivity contribution in [2.75, 3.05) is 26.2 Å². The molecule has 1 aliphatic rings. The largest absolute Gasteiger partial charge is 0.508 e. The number of rotatable bonds is 7. The zero-order valence-electron chi connectivity index (χ0n) is 20.4. The smallest absolute Gasteiger partial charge is 0.416 e. The quantitative estimate of drug-likeness (QED) is 0.236. The second-order valence-electron chi connectivity index (χ2n) is 9.33. The molecule has 5 nitrogen and oxygen atoms in total. The molecule has 0 radical (unpaired) electrons. The van der Waals surface area contributed by atoms with Crippen LogP contribution in [-0.4, -0.2) is 36.2 Å². The molecule has 0 aliphatic carbocycles. The highest BCUT2D eigenvalue weighted by Gasteiger charge is 2.31. The predicted octanol–water partition coefficient (Wildman–Crippen LogP) is 7.01. The number of fused-ring (bicyclic) bond motifs is 1. The number of ether oxygens (including phenoxy) is 1. The van der Waals surface area contributed by atoms with Crippen molar-refractivity contribution in [2.24, 2.45) is 0 Å². The molecule has 1 aliphatic heterocycles. The summed E-state index contributed by atoms with van der Waals surface area (Å²) in [5.41, 5.74) is 0.568. The van der Waals surface area contributed by atoms with E-state index in [1.807, 2.05) is 24.3 Å². The molecule has 1 saturated heterocycles. The highest BCUT2D eigenvalue weighted by molar-refractivity contribution is 9.10. The molecule has 3 aromatic carbocycles. The molecule has 0 spiro atoms. The van der Waals surface area contributed by atoms with E-state index in [9.17, 15) is 23.1 Å². The summed E-state index contributed by atoms with van der Waals surface area (Å²) in [5.74, 6) is 0.673. The lowest BCUT2D eigenvalue weighted by atomic mass is 9.93. The van der Waals surface area contributed by atoms with E-state index in [0.717, 1.165) is 43.1 Å². The van der Waals surface area contributed by atoms with Crippen molar-refractivity contribution in [3.05, 3.63) is 92.2 Å². The summed E-state index contributed by atoms with van der Waals surface area (Å²) >= 11 is 3.22. The van der Waals surface area contributed by atoms with Crippen LogP contribution in [0.1, 0.15) is 29.5 Å². The summed E-state index contributed by atoms with van der Waals surface area (Å²) in [6, 6.07) is 15.2. The van der Waals surface area contributed by atoms with Crippen molar-refractivity contribution in [1.29, 1.82) is 0 Å². The summed E-state index contributed by atoms with van der Waals surface area (Å²) in [6.45, 7) is 3.69. The molecule has 5 rings (SSSR count). The average molecular weight is 588 g/mol. The van der Waals surface area contributed by atoms with Crippen LogP contribution in [0.4, 0.5) is 13.2 Å². The molecular weight excluding hydrogens is 563 g/mol. The van der Waals surface area contributed by atoms with Crippen molar-refractivity contribution in [3.63, 3.8) is 0 Å². The Bertz CT molecular complexity index is 1510. The Morgan fingerprint density at radius 1 is 1.00 bits per heavy atom. The first kappa shape index (κ1) is 26.3. The van der Waals surface area contributed by atoms with E-state index >= 15 is 0 Å². The number of likely N-dealkylation sites (tertiary alicyclic amines) is 1. The van der Waals surface area contributed by atoms with E-state index < -0.39 is 17.4 Å². The van der Waals surface area contributed by atoms with Gasteiger partial charge in [0.2, 0.25) is 0 Å². The molecule has 1 fully saturated rings. The molecule has 0 atom stereocenters. The van der Waals surface area contributed by atoms with Crippen LogP contribution in [-0.2, 0) is 12.6 Å². The predicted molar refractivity (Wildman–Crippen MR) is 143 cm³/mol. The van der Waals surface area contributed by atoms with Gasteiger partial charge in [0.25, 0.3) is 0 Å². The Hall–Kier alpha value is -3.30. The van der Waals surface area contributed by atoms with Gasteiger partial charge in [0.05, 0.1) is 11.1 Å². The van der Waals surface area contributed by atoms with Crippen LogP contribution >= 0.6 is 15.9 Å². The maximum Gasteiger partial charge on any atom is 0.416 e. The fourth-order valence-electron chi connectivity index (χ4n) is 4.81. The van der Waals surface area contributed by atoms with E-state index in [4.69, 9.17) is 9.15 Å². The number of phenols is 1. The molecular formula is C29H25BrF3NO4. The van der Waals surface area contributed by atoms with Gasteiger partial charge in [0.15, 0.2) is 0 Å². The minimum atomic E-state index is -4.52. The summed E-state index contributed by atoms with van der Waals surface area (Å²) in [7, 11) is 0. The summed E-state index contributed by atoms with van der Waals surface area (Å²) < 4.78 is 51.2. The van der Waals surface area contributed by atoms with Gasteiger partial charge in [-0.2, -0.15) is 13.2 Å². The van der Waals surface area contributed by atoms with Crippen LogP contribution in [0.5, 0.6) is 11.5 Å². The summed E-state index contributed by atoms with van der Waals surface area (Å²) in [6.07, 6.45) is -1.75. The standard InChI is InChI=1S/C29H25BrF3NO4/c30-25-16-19(29(31,32)33)5-9-23(25)27-24(22-10-6-20(35)17-26(22)38-28(27)36)15-18-3-7-21(8-4-18)37-14-13-34-11-1-2-12-34/h3-10,16-17,35H,1-2,11-15H2. The normalized spacial score (nSPS) is 14.3. The van der Waals surface area contributed by atoms with Crippen LogP contribution < -0.4 is 10.4 Å². The number of benzene rings is 3. The van der Waals surface area contributed by atoms with Gasteiger partial charge in [0.1, 0.15) is 23.7 Å². The maximum absolute atomic E-state index is 13.2. The lowest BCUT2D eigenvalue weighted by molar-refractivity contribution is -0.137. The van der Waals surface area contributed by atoms with Gasteiger partial charge in [-0.1, -0.05) is 34.1 Å². The van der Waals surface area contributed by atoms with Crippen molar-refractivity contribution < 1.29 is 27.4 Å². The number of hydrogen-bond acceptors (Lipinski definition) is 5. The monoisotopic (exact) mass is 587 g/mol. The van der Waals surface area contributed by atoms with Gasteiger partial charge < -0.3 is 14.3 Å². The molecule has 0 saturated carbocycles. The molecule has 4 aromatic rings. The third kappa shape index (κ3) is 5.73. The SMILES string of the molecule is O=c1oc2cc(O)ccc2c(Cc2ccc(OCCN3CCCC3)cc2)c1-c1ccc(C(F)(F)F)cc1Br. The lowest BCUT2D eigenvalue weighted by Crippen LogP contribution is -2.25. The first-order valence-corrected chi connectivity index (χ1v) is 13.1. The van der Waals surface area contributed by atoms with E-state index in [-0.39, 0.29) is 21.4 Å². The summed E-state index contributed by atoms with van der Waals surface area (Å²) in [5, 5.41) is 10.5. The Morgan fingerprint density at radius 3 is 2.42 bits per heavy atom. The number of nitrogens with zero attached hydrogens (tertiary/aromatic N) is 1. The van der Waals surface area contributed by atoms with Crippen molar-refractivity contribution in [2.45, 2.75) is 25.4 Å². The van der Waals surface area contributed by atoms with Gasteiger partial charge in [-0.25, -0.2) is 4.79 Å². The van der Waals surface area contributed by atoms with Crippen LogP contribution in [0.2, 0.25) is 0 Å². The van der Waals surface area contributed by atoms with Gasteiger partial charge in [-0.05, 0) is 79.9 Å². The minimum Gasteiger partial charge on any atom is -0.508 e. The van der Waals surface area contributed by atoms with E-state index in [1.54, 1.807) is 6.07 Å². The Kier molecular flexibility index (Phi) is 7.49. The van der Waals surface area contributed by atoms with Crippen molar-refractivity contribution in [3.8, 4) is 22.6 Å². The van der Waals surface area contributed by atoms with Gasteiger partial charge in [0, 0.05) is 28.0 Å². The van der Waals surface area contributed by atoms with Crippen LogP contribution in [0.15, 0.2) is 74.3 Å². The van der Waals surface area contributed by atoms with Gasteiger partial charge in [-0.3, -0.25) is 4.90 Å². The van der Waals surface area contributed by atoms with E-state index in [1.165, 1.54) is 31.0 Å². The Morgan fingerprint density at radius 2 is 1.74 bits per heavy atom. The zero-order chi connectivity index (χ0) is 26.9. The first-order valence-electron chi connectivity index (χ1n) is 12.3. The molecule has 2 heterocycles. The highest BCUT2D eigenvalue weighted by Crippen LogP contribution is 2.38. The molecule has 38 heavy (non-hydrogen) atoms. The number of hydrogen-bond donors (Lipinski definition) is 1. The van der Waals surface area contributed by atoms with Gasteiger partial charge >= 0.3 is 11.8 Å². The number of phenolic OH excluding ortho intramolecular Hbond substituents is 1. The molecule has 0 unspecified atom stereocenters. The highest BCUT2D eigenvalue weighted by atomic mass is 79.9. The molecule has 9 heteroatoms. The Balaban J connectivity index is 1.49. The fourth-order valence-corrected chi connectivity index (χ4v) is 5.39. The molecule has 1 aromatic heterocycles. The number of alkyl halides is 3.